The maximum atomic E-state index is 13.0. The molecule has 1 amide bonds. The molecule has 2 aromatic carbocycles. The molecule has 0 fully saturated rings. The number of nitrogens with one attached hydrogen (secondary N) is 1. The molecule has 6 heteroatoms. The van der Waals surface area contributed by atoms with Crippen molar-refractivity contribution in [2.45, 2.75) is 31.7 Å². The number of rotatable bonds is 10. The molecule has 1 atom stereocenters. The Kier molecular flexibility index (Phi) is 8.82. The van der Waals surface area contributed by atoms with Crippen molar-refractivity contribution in [1.29, 1.82) is 0 Å². The minimum Gasteiger partial charge on any atom is -0.497 e. The number of Topliss-reactive ketones (excluding diaryl/α,β-unsaturated/α-hetero) is 1. The fourth-order valence-corrected chi connectivity index (χ4v) is 3.19. The summed E-state index contributed by atoms with van der Waals surface area (Å²) in [6, 6.07) is 13.1. The van der Waals surface area contributed by atoms with Crippen molar-refractivity contribution in [3.8, 4) is 5.75 Å². The third kappa shape index (κ3) is 6.67. The van der Waals surface area contributed by atoms with Crippen LogP contribution in [0.3, 0.4) is 0 Å². The summed E-state index contributed by atoms with van der Waals surface area (Å²) >= 11 is 9.34. The lowest BCUT2D eigenvalue weighted by Gasteiger charge is -2.19. The van der Waals surface area contributed by atoms with E-state index >= 15 is 0 Å². The van der Waals surface area contributed by atoms with Crippen molar-refractivity contribution in [2.24, 2.45) is 0 Å². The van der Waals surface area contributed by atoms with Gasteiger partial charge in [-0.2, -0.15) is 0 Å². The molecule has 0 aliphatic heterocycles. The van der Waals surface area contributed by atoms with Crippen LogP contribution in [0, 0.1) is 0 Å². The van der Waals surface area contributed by atoms with Gasteiger partial charge in [-0.05, 0) is 54.8 Å². The lowest BCUT2D eigenvalue weighted by Crippen LogP contribution is -2.33. The number of hydrogen-bond acceptors (Lipinski definition) is 3. The summed E-state index contributed by atoms with van der Waals surface area (Å²) in [6.07, 6.45) is 3.18. The molecule has 4 nitrogen and oxygen atoms in total. The van der Waals surface area contributed by atoms with E-state index in [0.717, 1.165) is 24.6 Å². The van der Waals surface area contributed by atoms with Gasteiger partial charge in [-0.15, -0.1) is 0 Å². The number of methoxy groups -OCH3 is 1. The van der Waals surface area contributed by atoms with Gasteiger partial charge in [0.2, 0.25) is 5.91 Å². The molecule has 2 aromatic rings. The van der Waals surface area contributed by atoms with Gasteiger partial charge < -0.3 is 10.1 Å². The maximum absolute atomic E-state index is 13.0. The molecule has 2 rings (SSSR count). The number of ether oxygens (including phenoxy) is 1. The van der Waals surface area contributed by atoms with Crippen LogP contribution in [0.2, 0.25) is 5.02 Å². The Hall–Kier alpha value is -1.85. The topological polar surface area (TPSA) is 55.4 Å². The average Bonchev–Trinajstić information content (AvgIpc) is 2.70. The van der Waals surface area contributed by atoms with E-state index in [0.29, 0.717) is 28.3 Å². The first kappa shape index (κ1) is 21.5. The van der Waals surface area contributed by atoms with Gasteiger partial charge in [0, 0.05) is 22.3 Å². The third-order valence-corrected chi connectivity index (χ3v) is 5.00. The molecule has 0 spiro atoms. The smallest absolute Gasteiger partial charge is 0.220 e. The van der Waals surface area contributed by atoms with Crippen LogP contribution in [-0.2, 0) is 4.79 Å². The van der Waals surface area contributed by atoms with E-state index in [1.807, 2.05) is 0 Å². The lowest BCUT2D eigenvalue weighted by molar-refractivity contribution is -0.121. The summed E-state index contributed by atoms with van der Waals surface area (Å²) in [5.74, 6) is 0.366. The summed E-state index contributed by atoms with van der Waals surface area (Å²) in [5, 5.41) is 4.39. The number of benzene rings is 2. The summed E-state index contributed by atoms with van der Waals surface area (Å²) in [7, 11) is 1.57. The highest BCUT2D eigenvalue weighted by molar-refractivity contribution is 9.09. The highest BCUT2D eigenvalue weighted by atomic mass is 79.9. The Morgan fingerprint density at radius 3 is 2.30 bits per heavy atom. The number of carbonyl (C=O) groups excluding carboxylic acids is 2. The number of amides is 1. The zero-order valence-corrected chi connectivity index (χ0v) is 17.6. The van der Waals surface area contributed by atoms with Crippen LogP contribution >= 0.6 is 27.5 Å². The van der Waals surface area contributed by atoms with Crippen molar-refractivity contribution in [2.75, 3.05) is 12.4 Å². The second-order valence-corrected chi connectivity index (χ2v) is 7.37. The van der Waals surface area contributed by atoms with Gasteiger partial charge in [0.1, 0.15) is 11.8 Å². The van der Waals surface area contributed by atoms with Crippen molar-refractivity contribution < 1.29 is 14.3 Å². The van der Waals surface area contributed by atoms with E-state index in [1.165, 1.54) is 0 Å². The molecule has 0 saturated heterocycles. The molecule has 0 aliphatic rings. The Bertz CT molecular complexity index is 747. The molecule has 27 heavy (non-hydrogen) atoms. The minimum atomic E-state index is -0.751. The highest BCUT2D eigenvalue weighted by Crippen LogP contribution is 2.22. The molecule has 0 aliphatic carbocycles. The van der Waals surface area contributed by atoms with E-state index in [2.05, 4.69) is 21.2 Å². The van der Waals surface area contributed by atoms with E-state index in [9.17, 15) is 9.59 Å². The monoisotopic (exact) mass is 451 g/mol. The SMILES string of the molecule is COc1ccc(C(=O)C(NC(=O)CCCCCBr)c2ccc(Cl)cc2)cc1. The number of ketones is 1. The van der Waals surface area contributed by atoms with E-state index < -0.39 is 6.04 Å². The summed E-state index contributed by atoms with van der Waals surface area (Å²) < 4.78 is 5.14. The van der Waals surface area contributed by atoms with Gasteiger partial charge in [-0.3, -0.25) is 9.59 Å². The molecule has 0 saturated carbocycles. The number of carbonyl (C=O) groups is 2. The summed E-state index contributed by atoms with van der Waals surface area (Å²) in [6.45, 7) is 0. The fraction of sp³-hybridized carbons (Fsp3) is 0.333. The Balaban J connectivity index is 2.17. The van der Waals surface area contributed by atoms with Crippen LogP contribution in [0.25, 0.3) is 0 Å². The molecular weight excluding hydrogens is 430 g/mol. The van der Waals surface area contributed by atoms with Crippen molar-refractivity contribution in [3.63, 3.8) is 0 Å². The normalized spacial score (nSPS) is 11.7. The highest BCUT2D eigenvalue weighted by Gasteiger charge is 2.24. The molecule has 0 radical (unpaired) electrons. The van der Waals surface area contributed by atoms with Crippen molar-refractivity contribution in [3.05, 3.63) is 64.7 Å². The average molecular weight is 453 g/mol. The second kappa shape index (κ2) is 11.1. The lowest BCUT2D eigenvalue weighted by atomic mass is 9.97. The van der Waals surface area contributed by atoms with Crippen molar-refractivity contribution >= 4 is 39.2 Å². The molecule has 144 valence electrons. The molecule has 1 N–H and O–H groups in total. The van der Waals surface area contributed by atoms with Gasteiger partial charge >= 0.3 is 0 Å². The molecular formula is C21H23BrClNO3. The second-order valence-electron chi connectivity index (χ2n) is 6.14. The molecule has 0 bridgehead atoms. The van der Waals surface area contributed by atoms with Crippen LogP contribution in [0.15, 0.2) is 48.5 Å². The molecule has 0 aromatic heterocycles. The zero-order valence-electron chi connectivity index (χ0n) is 15.2. The van der Waals surface area contributed by atoms with Gasteiger partial charge in [-0.1, -0.05) is 46.1 Å². The zero-order chi connectivity index (χ0) is 19.6. The van der Waals surface area contributed by atoms with Gasteiger partial charge in [0.05, 0.1) is 7.11 Å². The predicted molar refractivity (Wildman–Crippen MR) is 112 cm³/mol. The first-order valence-corrected chi connectivity index (χ1v) is 10.3. The molecule has 1 unspecified atom stereocenters. The van der Waals surface area contributed by atoms with Gasteiger partial charge in [0.25, 0.3) is 0 Å². The predicted octanol–water partition coefficient (Wildman–Crippen LogP) is 5.34. The Morgan fingerprint density at radius 1 is 1.04 bits per heavy atom. The van der Waals surface area contributed by atoms with E-state index in [-0.39, 0.29) is 11.7 Å². The minimum absolute atomic E-state index is 0.133. The summed E-state index contributed by atoms with van der Waals surface area (Å²) in [4.78, 5) is 25.4. The number of unbranched alkanes of at least 4 members (excludes halogenated alkanes) is 2. The molecule has 0 heterocycles. The van der Waals surface area contributed by atoms with Crippen molar-refractivity contribution in [1.82, 2.24) is 5.32 Å². The summed E-state index contributed by atoms with van der Waals surface area (Å²) in [5.41, 5.74) is 1.21. The van der Waals surface area contributed by atoms with Crippen LogP contribution < -0.4 is 10.1 Å². The Morgan fingerprint density at radius 2 is 1.70 bits per heavy atom. The fourth-order valence-electron chi connectivity index (χ4n) is 2.67. The quantitative estimate of drug-likeness (QED) is 0.300. The first-order chi connectivity index (χ1) is 13.0. The Labute approximate surface area is 173 Å². The van der Waals surface area contributed by atoms with Gasteiger partial charge in [0.15, 0.2) is 5.78 Å². The van der Waals surface area contributed by atoms with E-state index in [4.69, 9.17) is 16.3 Å². The standard InChI is InChI=1S/C21H23BrClNO3/c1-27-18-12-8-16(9-13-18)21(26)20(15-6-10-17(23)11-7-15)24-19(25)5-3-2-4-14-22/h6-13,20H,2-5,14H2,1H3,(H,24,25). The van der Waals surface area contributed by atoms with Crippen LogP contribution in [-0.4, -0.2) is 24.1 Å². The maximum Gasteiger partial charge on any atom is 0.220 e. The van der Waals surface area contributed by atoms with E-state index in [1.54, 1.807) is 55.6 Å². The number of hydrogen-bond donors (Lipinski definition) is 1. The third-order valence-electron chi connectivity index (χ3n) is 4.18. The van der Waals surface area contributed by atoms with Crippen LogP contribution in [0.5, 0.6) is 5.75 Å². The largest absolute Gasteiger partial charge is 0.497 e. The first-order valence-electron chi connectivity index (χ1n) is 8.84. The number of alkyl halides is 1. The van der Waals surface area contributed by atoms with Crippen LogP contribution in [0.1, 0.15) is 47.6 Å². The number of halogens is 2. The van der Waals surface area contributed by atoms with Crippen LogP contribution in [0.4, 0.5) is 0 Å². The van der Waals surface area contributed by atoms with Gasteiger partial charge in [-0.25, -0.2) is 0 Å².